The third kappa shape index (κ3) is 2.53. The zero-order chi connectivity index (χ0) is 13.1. The molecular formula is C14H21NO2S. The van der Waals surface area contributed by atoms with Crippen molar-refractivity contribution in [3.8, 4) is 5.75 Å². The van der Waals surface area contributed by atoms with Gasteiger partial charge in [-0.05, 0) is 32.6 Å². The lowest BCUT2D eigenvalue weighted by Crippen LogP contribution is -2.32. The molecule has 4 heteroatoms. The average Bonchev–Trinajstić information content (AvgIpc) is 2.87. The molecule has 0 bridgehead atoms. The van der Waals surface area contributed by atoms with Crippen molar-refractivity contribution < 1.29 is 9.53 Å². The Hall–Kier alpha value is -1.03. The normalized spacial score (nSPS) is 15.3. The number of amides is 1. The maximum atomic E-state index is 12.2. The summed E-state index contributed by atoms with van der Waals surface area (Å²) in [4.78, 5) is 14.3. The van der Waals surface area contributed by atoms with Gasteiger partial charge in [0.15, 0.2) is 0 Å². The molecule has 0 radical (unpaired) electrons. The highest BCUT2D eigenvalue weighted by Crippen LogP contribution is 2.40. The van der Waals surface area contributed by atoms with E-state index >= 15 is 0 Å². The fourth-order valence-corrected chi connectivity index (χ4v) is 3.80. The lowest BCUT2D eigenvalue weighted by Gasteiger charge is -2.12. The van der Waals surface area contributed by atoms with E-state index in [1.54, 1.807) is 18.4 Å². The Morgan fingerprint density at radius 3 is 2.94 bits per heavy atom. The zero-order valence-corrected chi connectivity index (χ0v) is 12.2. The zero-order valence-electron chi connectivity index (χ0n) is 11.3. The van der Waals surface area contributed by atoms with Crippen LogP contribution in [0.1, 0.15) is 53.2 Å². The Morgan fingerprint density at radius 2 is 2.28 bits per heavy atom. The number of thiophene rings is 1. The fraction of sp³-hybridized carbons (Fsp3) is 0.643. The van der Waals surface area contributed by atoms with Gasteiger partial charge in [-0.25, -0.2) is 0 Å². The minimum absolute atomic E-state index is 0.0206. The van der Waals surface area contributed by atoms with Crippen LogP contribution in [-0.2, 0) is 12.8 Å². The minimum atomic E-state index is 0.0206. The van der Waals surface area contributed by atoms with Crippen LogP contribution in [0.15, 0.2) is 0 Å². The van der Waals surface area contributed by atoms with Crippen LogP contribution in [0.25, 0.3) is 0 Å². The van der Waals surface area contributed by atoms with Crippen LogP contribution >= 0.6 is 11.3 Å². The molecule has 1 heterocycles. The first-order valence-corrected chi connectivity index (χ1v) is 7.48. The van der Waals surface area contributed by atoms with Gasteiger partial charge in [-0.15, -0.1) is 11.3 Å². The molecule has 18 heavy (non-hydrogen) atoms. The molecule has 0 spiro atoms. The molecule has 100 valence electrons. The summed E-state index contributed by atoms with van der Waals surface area (Å²) >= 11 is 1.60. The highest BCUT2D eigenvalue weighted by atomic mass is 32.1. The number of nitrogens with one attached hydrogen (secondary N) is 1. The van der Waals surface area contributed by atoms with Gasteiger partial charge in [0.25, 0.3) is 5.91 Å². The Labute approximate surface area is 113 Å². The molecule has 1 unspecified atom stereocenters. The van der Waals surface area contributed by atoms with Crippen molar-refractivity contribution in [2.75, 3.05) is 7.11 Å². The van der Waals surface area contributed by atoms with Gasteiger partial charge in [0, 0.05) is 16.5 Å². The van der Waals surface area contributed by atoms with Gasteiger partial charge in [0.1, 0.15) is 10.6 Å². The molecule has 1 amide bonds. The first-order chi connectivity index (χ1) is 8.67. The average molecular weight is 267 g/mol. The highest BCUT2D eigenvalue weighted by molar-refractivity contribution is 7.14. The molecule has 1 N–H and O–H groups in total. The van der Waals surface area contributed by atoms with Crippen LogP contribution < -0.4 is 10.1 Å². The van der Waals surface area contributed by atoms with Crippen molar-refractivity contribution in [1.29, 1.82) is 0 Å². The van der Waals surface area contributed by atoms with E-state index in [4.69, 9.17) is 4.74 Å². The van der Waals surface area contributed by atoms with Crippen molar-refractivity contribution >= 4 is 17.2 Å². The largest absolute Gasteiger partial charge is 0.495 e. The number of hydrogen-bond acceptors (Lipinski definition) is 3. The van der Waals surface area contributed by atoms with E-state index in [1.807, 2.05) is 0 Å². The van der Waals surface area contributed by atoms with E-state index in [1.165, 1.54) is 16.9 Å². The quantitative estimate of drug-likeness (QED) is 0.890. The number of fused-ring (bicyclic) bond motifs is 1. The Kier molecular flexibility index (Phi) is 4.27. The standard InChI is InChI=1S/C14H21NO2S/c1-4-6-9(2)15-14(16)13-12(17-3)10-7-5-8-11(10)18-13/h9H,4-8H2,1-3H3,(H,15,16). The summed E-state index contributed by atoms with van der Waals surface area (Å²) < 4.78 is 5.44. The van der Waals surface area contributed by atoms with Crippen molar-refractivity contribution in [3.05, 3.63) is 15.3 Å². The monoisotopic (exact) mass is 267 g/mol. The first kappa shape index (κ1) is 13.4. The molecule has 1 aliphatic carbocycles. The van der Waals surface area contributed by atoms with Gasteiger partial charge in [0.05, 0.1) is 7.11 Å². The summed E-state index contributed by atoms with van der Waals surface area (Å²) in [7, 11) is 1.66. The fourth-order valence-electron chi connectivity index (χ4n) is 2.54. The number of ether oxygens (including phenoxy) is 1. The molecule has 1 aliphatic rings. The third-order valence-electron chi connectivity index (χ3n) is 3.38. The van der Waals surface area contributed by atoms with E-state index < -0.39 is 0 Å². The number of carbonyl (C=O) groups is 1. The molecule has 0 aliphatic heterocycles. The smallest absolute Gasteiger partial charge is 0.265 e. The molecule has 1 aromatic rings. The number of carbonyl (C=O) groups excluding carboxylic acids is 1. The molecular weight excluding hydrogens is 246 g/mol. The molecule has 3 nitrogen and oxygen atoms in total. The first-order valence-electron chi connectivity index (χ1n) is 6.66. The second-order valence-electron chi connectivity index (χ2n) is 4.88. The molecule has 0 aromatic carbocycles. The van der Waals surface area contributed by atoms with Gasteiger partial charge in [-0.3, -0.25) is 4.79 Å². The van der Waals surface area contributed by atoms with Crippen LogP contribution in [0.5, 0.6) is 5.75 Å². The number of aryl methyl sites for hydroxylation is 1. The molecule has 0 saturated carbocycles. The molecule has 2 rings (SSSR count). The van der Waals surface area contributed by atoms with Gasteiger partial charge in [-0.1, -0.05) is 13.3 Å². The van der Waals surface area contributed by atoms with E-state index in [2.05, 4.69) is 19.2 Å². The lowest BCUT2D eigenvalue weighted by atomic mass is 10.2. The SMILES string of the molecule is CCCC(C)NC(=O)c1sc2c(c1OC)CCC2. The van der Waals surface area contributed by atoms with E-state index in [0.717, 1.165) is 36.3 Å². The van der Waals surface area contributed by atoms with E-state index in [9.17, 15) is 4.79 Å². The Bertz CT molecular complexity index is 439. The Morgan fingerprint density at radius 1 is 1.50 bits per heavy atom. The predicted molar refractivity (Wildman–Crippen MR) is 74.7 cm³/mol. The van der Waals surface area contributed by atoms with Crippen LogP contribution in [0.4, 0.5) is 0 Å². The molecule has 0 fully saturated rings. The van der Waals surface area contributed by atoms with Crippen molar-refractivity contribution in [2.45, 2.75) is 52.0 Å². The summed E-state index contributed by atoms with van der Waals surface area (Å²) in [5, 5.41) is 3.05. The predicted octanol–water partition coefficient (Wildman–Crippen LogP) is 3.16. The summed E-state index contributed by atoms with van der Waals surface area (Å²) in [6, 6.07) is 0.226. The van der Waals surface area contributed by atoms with Gasteiger partial charge >= 0.3 is 0 Å². The van der Waals surface area contributed by atoms with Crippen LogP contribution in [0.2, 0.25) is 0 Å². The highest BCUT2D eigenvalue weighted by Gasteiger charge is 2.26. The summed E-state index contributed by atoms with van der Waals surface area (Å²) in [6.07, 6.45) is 5.42. The minimum Gasteiger partial charge on any atom is -0.495 e. The van der Waals surface area contributed by atoms with Crippen LogP contribution in [0, 0.1) is 0 Å². The second-order valence-corrected chi connectivity index (χ2v) is 5.99. The Balaban J connectivity index is 2.15. The van der Waals surface area contributed by atoms with Crippen molar-refractivity contribution in [1.82, 2.24) is 5.32 Å². The van der Waals surface area contributed by atoms with Gasteiger partial charge in [0.2, 0.25) is 0 Å². The molecule has 1 aromatic heterocycles. The summed E-state index contributed by atoms with van der Waals surface area (Å²) in [5.74, 6) is 0.834. The lowest BCUT2D eigenvalue weighted by molar-refractivity contribution is 0.0939. The molecule has 0 saturated heterocycles. The summed E-state index contributed by atoms with van der Waals surface area (Å²) in [6.45, 7) is 4.18. The van der Waals surface area contributed by atoms with E-state index in [-0.39, 0.29) is 11.9 Å². The number of hydrogen-bond donors (Lipinski definition) is 1. The van der Waals surface area contributed by atoms with Crippen molar-refractivity contribution in [2.24, 2.45) is 0 Å². The molecule has 1 atom stereocenters. The van der Waals surface area contributed by atoms with Gasteiger partial charge < -0.3 is 10.1 Å². The van der Waals surface area contributed by atoms with Crippen LogP contribution in [-0.4, -0.2) is 19.1 Å². The van der Waals surface area contributed by atoms with Gasteiger partial charge in [-0.2, -0.15) is 0 Å². The number of methoxy groups -OCH3 is 1. The second kappa shape index (κ2) is 5.74. The number of rotatable bonds is 5. The van der Waals surface area contributed by atoms with E-state index in [0.29, 0.717) is 0 Å². The van der Waals surface area contributed by atoms with Crippen molar-refractivity contribution in [3.63, 3.8) is 0 Å². The maximum absolute atomic E-state index is 12.2. The maximum Gasteiger partial charge on any atom is 0.265 e. The topological polar surface area (TPSA) is 38.3 Å². The summed E-state index contributed by atoms with van der Waals surface area (Å²) in [5.41, 5.74) is 1.26. The van der Waals surface area contributed by atoms with Crippen LogP contribution in [0.3, 0.4) is 0 Å². The third-order valence-corrected chi connectivity index (χ3v) is 4.65.